The van der Waals surface area contributed by atoms with Crippen LogP contribution in [0.4, 0.5) is 0 Å². The van der Waals surface area contributed by atoms with Gasteiger partial charge in [0.25, 0.3) is 5.91 Å². The first kappa shape index (κ1) is 12.8. The highest BCUT2D eigenvalue weighted by molar-refractivity contribution is 7.99. The second-order valence-electron chi connectivity index (χ2n) is 3.46. The third kappa shape index (κ3) is 4.10. The number of amides is 1. The number of pyridine rings is 1. The minimum atomic E-state index is -0.261. The van der Waals surface area contributed by atoms with Gasteiger partial charge in [-0.1, -0.05) is 13.0 Å². The third-order valence-electron chi connectivity index (χ3n) is 1.96. The summed E-state index contributed by atoms with van der Waals surface area (Å²) in [6.45, 7) is 4.02. The van der Waals surface area contributed by atoms with Crippen LogP contribution in [0, 0.1) is 0 Å². The van der Waals surface area contributed by atoms with Crippen LogP contribution in [0.5, 0.6) is 0 Å². The standard InChI is InChI=1S/C11H16N2O2S/c1-3-16-7-8(2)12-11(15)9-5-4-6-10(14)13-9/h4-6,8H,3,7H2,1-2H3,(H,12,15)(H,13,14). The predicted molar refractivity (Wildman–Crippen MR) is 67.0 cm³/mol. The van der Waals surface area contributed by atoms with E-state index in [0.29, 0.717) is 5.69 Å². The molecule has 4 nitrogen and oxygen atoms in total. The lowest BCUT2D eigenvalue weighted by molar-refractivity contribution is 0.0938. The van der Waals surface area contributed by atoms with E-state index >= 15 is 0 Å². The van der Waals surface area contributed by atoms with Gasteiger partial charge in [-0.05, 0) is 18.7 Å². The molecule has 5 heteroatoms. The van der Waals surface area contributed by atoms with Crippen LogP contribution in [0.1, 0.15) is 24.3 Å². The molecule has 0 aliphatic heterocycles. The van der Waals surface area contributed by atoms with E-state index in [0.717, 1.165) is 11.5 Å². The Kier molecular flexibility index (Phi) is 5.11. The molecule has 1 atom stereocenters. The average Bonchev–Trinajstić information content (AvgIpc) is 2.26. The Morgan fingerprint density at radius 1 is 1.56 bits per heavy atom. The first-order valence-electron chi connectivity index (χ1n) is 5.21. The van der Waals surface area contributed by atoms with Gasteiger partial charge >= 0.3 is 0 Å². The summed E-state index contributed by atoms with van der Waals surface area (Å²) >= 11 is 1.77. The van der Waals surface area contributed by atoms with Crippen LogP contribution in [-0.2, 0) is 0 Å². The molecule has 2 N–H and O–H groups in total. The number of rotatable bonds is 5. The SMILES string of the molecule is CCSCC(C)NC(=O)c1cccc(=O)[nH]1. The molecular weight excluding hydrogens is 224 g/mol. The van der Waals surface area contributed by atoms with Gasteiger partial charge in [-0.2, -0.15) is 11.8 Å². The number of H-pyrrole nitrogens is 1. The van der Waals surface area contributed by atoms with Crippen molar-refractivity contribution in [1.82, 2.24) is 10.3 Å². The molecule has 1 unspecified atom stereocenters. The maximum atomic E-state index is 11.7. The lowest BCUT2D eigenvalue weighted by Gasteiger charge is -2.12. The van der Waals surface area contributed by atoms with Crippen molar-refractivity contribution in [3.05, 3.63) is 34.2 Å². The number of hydrogen-bond donors (Lipinski definition) is 2. The Labute approximate surface area is 98.8 Å². The van der Waals surface area contributed by atoms with Gasteiger partial charge in [0.2, 0.25) is 5.56 Å². The third-order valence-corrected chi connectivity index (χ3v) is 3.11. The molecule has 1 aromatic rings. The highest BCUT2D eigenvalue weighted by atomic mass is 32.2. The van der Waals surface area contributed by atoms with Crippen molar-refractivity contribution < 1.29 is 4.79 Å². The summed E-state index contributed by atoms with van der Waals surface area (Å²) in [7, 11) is 0. The number of thioether (sulfide) groups is 1. The lowest BCUT2D eigenvalue weighted by atomic mass is 10.3. The Hall–Kier alpha value is -1.23. The van der Waals surface area contributed by atoms with Gasteiger partial charge in [0, 0.05) is 17.9 Å². The summed E-state index contributed by atoms with van der Waals surface area (Å²) in [6.07, 6.45) is 0. The molecule has 1 heterocycles. The van der Waals surface area contributed by atoms with Crippen molar-refractivity contribution in [2.24, 2.45) is 0 Å². The number of aromatic nitrogens is 1. The van der Waals surface area contributed by atoms with Crippen molar-refractivity contribution in [3.8, 4) is 0 Å². The fraction of sp³-hybridized carbons (Fsp3) is 0.455. The molecule has 0 saturated carbocycles. The fourth-order valence-electron chi connectivity index (χ4n) is 1.22. The second-order valence-corrected chi connectivity index (χ2v) is 4.78. The lowest BCUT2D eigenvalue weighted by Crippen LogP contribution is -2.35. The summed E-state index contributed by atoms with van der Waals surface area (Å²) in [6, 6.07) is 4.64. The van der Waals surface area contributed by atoms with E-state index in [2.05, 4.69) is 17.2 Å². The number of carbonyl (C=O) groups excluding carboxylic acids is 1. The molecule has 0 aromatic carbocycles. The molecule has 1 rings (SSSR count). The predicted octanol–water partition coefficient (Wildman–Crippen LogP) is 1.25. The zero-order valence-corrected chi connectivity index (χ0v) is 10.3. The second kappa shape index (κ2) is 6.37. The topological polar surface area (TPSA) is 62.0 Å². The number of aromatic amines is 1. The zero-order chi connectivity index (χ0) is 12.0. The highest BCUT2D eigenvalue weighted by Crippen LogP contribution is 2.02. The minimum Gasteiger partial charge on any atom is -0.347 e. The van der Waals surface area contributed by atoms with Crippen molar-refractivity contribution >= 4 is 17.7 Å². The molecule has 1 amide bonds. The van der Waals surface area contributed by atoms with E-state index in [1.807, 2.05) is 6.92 Å². The Balaban J connectivity index is 2.55. The van der Waals surface area contributed by atoms with Gasteiger partial charge in [0.15, 0.2) is 0 Å². The van der Waals surface area contributed by atoms with Gasteiger partial charge in [-0.25, -0.2) is 0 Å². The van der Waals surface area contributed by atoms with E-state index in [1.165, 1.54) is 6.07 Å². The number of hydrogen-bond acceptors (Lipinski definition) is 3. The van der Waals surface area contributed by atoms with E-state index in [-0.39, 0.29) is 17.5 Å². The van der Waals surface area contributed by atoms with Gasteiger partial charge in [0.1, 0.15) is 5.69 Å². The van der Waals surface area contributed by atoms with E-state index in [9.17, 15) is 9.59 Å². The van der Waals surface area contributed by atoms with Crippen molar-refractivity contribution in [3.63, 3.8) is 0 Å². The quantitative estimate of drug-likeness (QED) is 0.814. The van der Waals surface area contributed by atoms with E-state index in [1.54, 1.807) is 23.9 Å². The molecule has 1 aromatic heterocycles. The van der Waals surface area contributed by atoms with Crippen molar-refractivity contribution in [2.75, 3.05) is 11.5 Å². The molecular formula is C11H16N2O2S. The number of nitrogens with one attached hydrogen (secondary N) is 2. The summed E-state index contributed by atoms with van der Waals surface area (Å²) in [5.41, 5.74) is 0.0454. The van der Waals surface area contributed by atoms with Crippen molar-refractivity contribution in [1.29, 1.82) is 0 Å². The van der Waals surface area contributed by atoms with E-state index < -0.39 is 0 Å². The zero-order valence-electron chi connectivity index (χ0n) is 9.45. The molecule has 0 saturated heterocycles. The first-order chi connectivity index (χ1) is 7.63. The van der Waals surface area contributed by atoms with Crippen LogP contribution in [0.15, 0.2) is 23.0 Å². The molecule has 0 aliphatic rings. The normalized spacial score (nSPS) is 12.1. The summed E-state index contributed by atoms with van der Waals surface area (Å²) in [5, 5.41) is 2.83. The maximum absolute atomic E-state index is 11.7. The van der Waals surface area contributed by atoms with Gasteiger partial charge in [0.05, 0.1) is 0 Å². The van der Waals surface area contributed by atoms with Crippen molar-refractivity contribution in [2.45, 2.75) is 19.9 Å². The Bertz CT molecular complexity index is 403. The molecule has 0 fully saturated rings. The Morgan fingerprint density at radius 2 is 2.31 bits per heavy atom. The van der Waals surface area contributed by atoms with E-state index in [4.69, 9.17) is 0 Å². The summed E-state index contributed by atoms with van der Waals surface area (Å²) in [5.74, 6) is 1.67. The Morgan fingerprint density at radius 3 is 2.94 bits per heavy atom. The molecule has 88 valence electrons. The largest absolute Gasteiger partial charge is 0.347 e. The van der Waals surface area contributed by atoms with Crippen LogP contribution in [0.3, 0.4) is 0 Å². The molecule has 0 bridgehead atoms. The molecule has 16 heavy (non-hydrogen) atoms. The molecule has 0 radical (unpaired) electrons. The number of carbonyl (C=O) groups is 1. The smallest absolute Gasteiger partial charge is 0.268 e. The maximum Gasteiger partial charge on any atom is 0.268 e. The van der Waals surface area contributed by atoms with Crippen LogP contribution < -0.4 is 10.9 Å². The summed E-state index contributed by atoms with van der Waals surface area (Å²) < 4.78 is 0. The van der Waals surface area contributed by atoms with Gasteiger partial charge < -0.3 is 10.3 Å². The van der Waals surface area contributed by atoms with Crippen LogP contribution in [0.25, 0.3) is 0 Å². The summed E-state index contributed by atoms with van der Waals surface area (Å²) in [4.78, 5) is 25.2. The monoisotopic (exact) mass is 240 g/mol. The minimum absolute atomic E-state index is 0.0983. The fourth-order valence-corrected chi connectivity index (χ4v) is 1.89. The first-order valence-corrected chi connectivity index (χ1v) is 6.37. The molecule has 0 spiro atoms. The average molecular weight is 240 g/mol. The van der Waals surface area contributed by atoms with Gasteiger partial charge in [-0.3, -0.25) is 9.59 Å². The van der Waals surface area contributed by atoms with Crippen LogP contribution >= 0.6 is 11.8 Å². The highest BCUT2D eigenvalue weighted by Gasteiger charge is 2.09. The van der Waals surface area contributed by atoms with Crippen LogP contribution in [-0.4, -0.2) is 28.4 Å². The van der Waals surface area contributed by atoms with Crippen LogP contribution in [0.2, 0.25) is 0 Å². The van der Waals surface area contributed by atoms with Gasteiger partial charge in [-0.15, -0.1) is 0 Å². The molecule has 0 aliphatic carbocycles.